The summed E-state index contributed by atoms with van der Waals surface area (Å²) in [6.07, 6.45) is 2.56. The second-order valence-electron chi connectivity index (χ2n) is 6.35. The van der Waals surface area contributed by atoms with E-state index in [0.29, 0.717) is 12.1 Å². The minimum atomic E-state index is -3.63. The molecule has 25 heavy (non-hydrogen) atoms. The predicted molar refractivity (Wildman–Crippen MR) is 98.0 cm³/mol. The van der Waals surface area contributed by atoms with Crippen molar-refractivity contribution in [3.8, 4) is 0 Å². The van der Waals surface area contributed by atoms with Gasteiger partial charge >= 0.3 is 0 Å². The molecule has 10 heteroatoms. The van der Waals surface area contributed by atoms with E-state index in [0.717, 1.165) is 25.8 Å². The van der Waals surface area contributed by atoms with E-state index in [1.807, 2.05) is 0 Å². The molecule has 2 fully saturated rings. The lowest BCUT2D eigenvalue weighted by molar-refractivity contribution is 0.334. The summed E-state index contributed by atoms with van der Waals surface area (Å²) in [5.74, 6) is 0. The summed E-state index contributed by atoms with van der Waals surface area (Å²) in [5, 5.41) is 3.29. The Bertz CT molecular complexity index is 828. The zero-order valence-corrected chi connectivity index (χ0v) is 16.7. The largest absolute Gasteiger partial charge is 0.315 e. The summed E-state index contributed by atoms with van der Waals surface area (Å²) >= 11 is 0. The third kappa shape index (κ3) is 3.72. The van der Waals surface area contributed by atoms with Gasteiger partial charge in [-0.05, 0) is 63.5 Å². The molecule has 1 aromatic rings. The lowest BCUT2D eigenvalue weighted by Crippen LogP contribution is -2.42. The van der Waals surface area contributed by atoms with Crippen molar-refractivity contribution in [3.63, 3.8) is 0 Å². The Balaban J connectivity index is 0.00000225. The Kier molecular flexibility index (Phi) is 6.18. The normalized spacial score (nSPS) is 24.6. The summed E-state index contributed by atoms with van der Waals surface area (Å²) in [5.41, 5.74) is 0.422. The van der Waals surface area contributed by atoms with E-state index in [9.17, 15) is 16.8 Å². The van der Waals surface area contributed by atoms with Crippen molar-refractivity contribution >= 4 is 32.5 Å². The number of halogens is 1. The van der Waals surface area contributed by atoms with E-state index in [4.69, 9.17) is 0 Å². The number of hydrogen-bond donors (Lipinski definition) is 2. The maximum Gasteiger partial charge on any atom is 0.243 e. The molecule has 2 bridgehead atoms. The number of fused-ring (bicyclic) bond motifs is 2. The van der Waals surface area contributed by atoms with E-state index in [2.05, 4.69) is 10.0 Å². The highest BCUT2D eigenvalue weighted by atomic mass is 35.5. The molecule has 2 unspecified atom stereocenters. The number of sulfonamides is 2. The van der Waals surface area contributed by atoms with E-state index in [1.165, 1.54) is 25.2 Å². The van der Waals surface area contributed by atoms with Gasteiger partial charge in [0.1, 0.15) is 0 Å². The van der Waals surface area contributed by atoms with Crippen LogP contribution in [0, 0.1) is 6.92 Å². The van der Waals surface area contributed by atoms with Crippen molar-refractivity contribution < 1.29 is 16.8 Å². The Labute approximate surface area is 155 Å². The Hall–Kier alpha value is -0.710. The van der Waals surface area contributed by atoms with Gasteiger partial charge in [-0.15, -0.1) is 12.4 Å². The fourth-order valence-electron chi connectivity index (χ4n) is 3.65. The Morgan fingerprint density at radius 3 is 2.44 bits per heavy atom. The molecule has 2 aliphatic rings. The third-order valence-corrected chi connectivity index (χ3v) is 8.44. The van der Waals surface area contributed by atoms with Crippen molar-refractivity contribution in [2.75, 3.05) is 20.1 Å². The van der Waals surface area contributed by atoms with Crippen molar-refractivity contribution in [2.24, 2.45) is 0 Å². The molecule has 0 aromatic heterocycles. The van der Waals surface area contributed by atoms with Gasteiger partial charge in [-0.25, -0.2) is 21.6 Å². The van der Waals surface area contributed by atoms with E-state index < -0.39 is 20.0 Å². The number of aryl methyl sites for hydroxylation is 1. The molecule has 1 aromatic carbocycles. The molecule has 2 heterocycles. The average Bonchev–Trinajstić information content (AvgIpc) is 2.80. The summed E-state index contributed by atoms with van der Waals surface area (Å²) < 4.78 is 54.1. The van der Waals surface area contributed by atoms with Gasteiger partial charge in [0.15, 0.2) is 0 Å². The molecule has 3 rings (SSSR count). The highest BCUT2D eigenvalue weighted by molar-refractivity contribution is 7.89. The molecule has 0 amide bonds. The fraction of sp³-hybridized carbons (Fsp3) is 0.600. The quantitative estimate of drug-likeness (QED) is 0.768. The topological polar surface area (TPSA) is 95.6 Å². The highest BCUT2D eigenvalue weighted by Gasteiger charge is 2.43. The van der Waals surface area contributed by atoms with Crippen molar-refractivity contribution in [1.82, 2.24) is 14.3 Å². The van der Waals surface area contributed by atoms with Crippen LogP contribution in [0.15, 0.2) is 28.0 Å². The molecular weight excluding hydrogens is 386 g/mol. The molecular formula is C15H24ClN3O4S2. The SMILES string of the molecule is CNS(=O)(=O)c1ccc(S(=O)(=O)N2C3CCNCC2CC3)cc1C.Cl. The van der Waals surface area contributed by atoms with Gasteiger partial charge in [0.25, 0.3) is 0 Å². The monoisotopic (exact) mass is 409 g/mol. The molecule has 2 atom stereocenters. The first kappa shape index (κ1) is 20.6. The van der Waals surface area contributed by atoms with E-state index in [-0.39, 0.29) is 34.3 Å². The van der Waals surface area contributed by atoms with Gasteiger partial charge in [-0.2, -0.15) is 4.31 Å². The van der Waals surface area contributed by atoms with Crippen LogP contribution in [0.1, 0.15) is 24.8 Å². The van der Waals surface area contributed by atoms with Crippen LogP contribution in [0.25, 0.3) is 0 Å². The van der Waals surface area contributed by atoms with Crippen LogP contribution in [0.4, 0.5) is 0 Å². The van der Waals surface area contributed by atoms with Crippen LogP contribution >= 0.6 is 12.4 Å². The van der Waals surface area contributed by atoms with Gasteiger partial charge in [-0.1, -0.05) is 0 Å². The molecule has 0 spiro atoms. The van der Waals surface area contributed by atoms with E-state index >= 15 is 0 Å². The third-order valence-electron chi connectivity index (χ3n) is 4.87. The molecule has 7 nitrogen and oxygen atoms in total. The molecule has 0 radical (unpaired) electrons. The number of hydrogen-bond acceptors (Lipinski definition) is 5. The summed E-state index contributed by atoms with van der Waals surface area (Å²) in [7, 11) is -5.90. The number of benzene rings is 1. The highest BCUT2D eigenvalue weighted by Crippen LogP contribution is 2.34. The van der Waals surface area contributed by atoms with Gasteiger partial charge in [0.2, 0.25) is 20.0 Å². The lowest BCUT2D eigenvalue weighted by Gasteiger charge is -2.27. The minimum Gasteiger partial charge on any atom is -0.315 e. The fourth-order valence-corrected chi connectivity index (χ4v) is 6.58. The second kappa shape index (κ2) is 7.50. The zero-order valence-electron chi connectivity index (χ0n) is 14.2. The first-order chi connectivity index (χ1) is 11.3. The van der Waals surface area contributed by atoms with Crippen molar-refractivity contribution in [3.05, 3.63) is 23.8 Å². The lowest BCUT2D eigenvalue weighted by atomic mass is 10.1. The minimum absolute atomic E-state index is 0. The summed E-state index contributed by atoms with van der Waals surface area (Å²) in [4.78, 5) is 0.262. The van der Waals surface area contributed by atoms with Gasteiger partial charge in [-0.3, -0.25) is 0 Å². The zero-order chi connectivity index (χ0) is 17.5. The standard InChI is InChI=1S/C15H23N3O4S2.ClH/c1-11-9-14(5-6-15(11)23(19,20)16-2)24(21,22)18-12-3-4-13(18)10-17-8-7-12;/h5-6,9,12-13,16-17H,3-4,7-8,10H2,1-2H3;1H. The first-order valence-electron chi connectivity index (χ1n) is 8.06. The number of nitrogens with one attached hydrogen (secondary N) is 2. The average molecular weight is 410 g/mol. The smallest absolute Gasteiger partial charge is 0.243 e. The van der Waals surface area contributed by atoms with Crippen LogP contribution in [-0.4, -0.2) is 53.4 Å². The van der Waals surface area contributed by atoms with Gasteiger partial charge < -0.3 is 5.32 Å². The molecule has 2 saturated heterocycles. The van der Waals surface area contributed by atoms with Crippen LogP contribution < -0.4 is 10.0 Å². The van der Waals surface area contributed by atoms with Crippen molar-refractivity contribution in [2.45, 2.75) is 48.1 Å². The number of rotatable bonds is 4. The van der Waals surface area contributed by atoms with Crippen LogP contribution in [0.3, 0.4) is 0 Å². The molecule has 2 N–H and O–H groups in total. The van der Waals surface area contributed by atoms with E-state index in [1.54, 1.807) is 11.2 Å². The predicted octanol–water partition coefficient (Wildman–Crippen LogP) is 0.840. The Morgan fingerprint density at radius 2 is 1.80 bits per heavy atom. The first-order valence-corrected chi connectivity index (χ1v) is 11.0. The van der Waals surface area contributed by atoms with Gasteiger partial charge in [0.05, 0.1) is 9.79 Å². The second-order valence-corrected chi connectivity index (χ2v) is 10.0. The molecule has 0 saturated carbocycles. The van der Waals surface area contributed by atoms with Crippen LogP contribution in [0.2, 0.25) is 0 Å². The van der Waals surface area contributed by atoms with Crippen LogP contribution in [0.5, 0.6) is 0 Å². The molecule has 2 aliphatic heterocycles. The van der Waals surface area contributed by atoms with Crippen LogP contribution in [-0.2, 0) is 20.0 Å². The Morgan fingerprint density at radius 1 is 1.12 bits per heavy atom. The molecule has 142 valence electrons. The van der Waals surface area contributed by atoms with Crippen molar-refractivity contribution in [1.29, 1.82) is 0 Å². The summed E-state index contributed by atoms with van der Waals surface area (Å²) in [6.45, 7) is 3.11. The number of nitrogens with zero attached hydrogens (tertiary/aromatic N) is 1. The molecule has 0 aliphatic carbocycles. The summed E-state index contributed by atoms with van der Waals surface area (Å²) in [6, 6.07) is 4.22. The maximum absolute atomic E-state index is 13.1. The maximum atomic E-state index is 13.1. The van der Waals surface area contributed by atoms with Gasteiger partial charge in [0, 0.05) is 18.6 Å².